The van der Waals surface area contributed by atoms with Crippen LogP contribution in [0.5, 0.6) is 5.75 Å². The summed E-state index contributed by atoms with van der Waals surface area (Å²) in [5.74, 6) is 0.567. The van der Waals surface area contributed by atoms with E-state index in [1.807, 2.05) is 30.3 Å². The van der Waals surface area contributed by atoms with Crippen LogP contribution in [-0.4, -0.2) is 12.2 Å². The Bertz CT molecular complexity index is 762. The number of nitrogens with one attached hydrogen (secondary N) is 1. The molecule has 0 atom stereocenters. The summed E-state index contributed by atoms with van der Waals surface area (Å²) in [6.07, 6.45) is 4.01. The third-order valence-electron chi connectivity index (χ3n) is 4.16. The number of nitrogens with zero attached hydrogens (tertiary/aromatic N) is 1. The predicted molar refractivity (Wildman–Crippen MR) is 94.3 cm³/mol. The Morgan fingerprint density at radius 1 is 1.16 bits per heavy atom. The van der Waals surface area contributed by atoms with E-state index in [0.29, 0.717) is 17.0 Å². The van der Waals surface area contributed by atoms with Gasteiger partial charge in [0.25, 0.3) is 0 Å². The molecule has 3 rings (SSSR count). The third-order valence-corrected chi connectivity index (χ3v) is 4.16. The van der Waals surface area contributed by atoms with Gasteiger partial charge in [0.2, 0.25) is 0 Å². The molecule has 1 fully saturated rings. The van der Waals surface area contributed by atoms with Gasteiger partial charge in [0.15, 0.2) is 0 Å². The second kappa shape index (κ2) is 8.20. The summed E-state index contributed by atoms with van der Waals surface area (Å²) in [6.45, 7) is 0.195. The Labute approximate surface area is 147 Å². The first kappa shape index (κ1) is 16.8. The minimum absolute atomic E-state index is 0.182. The van der Waals surface area contributed by atoms with E-state index in [-0.39, 0.29) is 12.7 Å². The molecule has 128 valence electrons. The van der Waals surface area contributed by atoms with Crippen LogP contribution < -0.4 is 10.1 Å². The monoisotopic (exact) mass is 336 g/mol. The summed E-state index contributed by atoms with van der Waals surface area (Å²) in [5, 5.41) is 12.0. The average molecular weight is 336 g/mol. The largest absolute Gasteiger partial charge is 0.489 e. The first-order chi connectivity index (χ1) is 12.2. The molecular weight excluding hydrogens is 316 g/mol. The third kappa shape index (κ3) is 4.74. The zero-order valence-electron chi connectivity index (χ0n) is 13.9. The smallest absolute Gasteiger partial charge is 0.411 e. The Morgan fingerprint density at radius 3 is 2.64 bits per heavy atom. The first-order valence-corrected chi connectivity index (χ1v) is 8.43. The van der Waals surface area contributed by atoms with E-state index in [1.165, 1.54) is 12.8 Å². The molecule has 5 heteroatoms. The molecule has 2 aromatic rings. The van der Waals surface area contributed by atoms with Gasteiger partial charge >= 0.3 is 6.09 Å². The molecule has 2 aromatic carbocycles. The molecular formula is C20H20N2O3. The number of hydrogen-bond donors (Lipinski definition) is 1. The van der Waals surface area contributed by atoms with Crippen molar-refractivity contribution in [3.8, 4) is 11.8 Å². The van der Waals surface area contributed by atoms with Crippen LogP contribution >= 0.6 is 0 Å². The Balaban J connectivity index is 1.58. The minimum Gasteiger partial charge on any atom is -0.489 e. The molecule has 0 radical (unpaired) electrons. The number of benzene rings is 2. The van der Waals surface area contributed by atoms with Gasteiger partial charge in [-0.15, -0.1) is 0 Å². The quantitative estimate of drug-likeness (QED) is 0.864. The highest BCUT2D eigenvalue weighted by Gasteiger charge is 2.18. The highest BCUT2D eigenvalue weighted by atomic mass is 16.5. The number of nitriles is 1. The number of rotatable bonds is 5. The number of carbonyl (C=O) groups excluding carboxylic acids is 1. The van der Waals surface area contributed by atoms with Gasteiger partial charge in [-0.25, -0.2) is 4.79 Å². The van der Waals surface area contributed by atoms with Crippen molar-refractivity contribution in [2.45, 2.75) is 38.4 Å². The fraction of sp³-hybridized carbons (Fsp3) is 0.300. The summed E-state index contributed by atoms with van der Waals surface area (Å²) >= 11 is 0. The van der Waals surface area contributed by atoms with E-state index in [2.05, 4.69) is 11.4 Å². The predicted octanol–water partition coefficient (Wildman–Crippen LogP) is 4.63. The molecule has 0 heterocycles. The lowest BCUT2D eigenvalue weighted by Gasteiger charge is -2.15. The van der Waals surface area contributed by atoms with Crippen molar-refractivity contribution in [2.24, 2.45) is 0 Å². The maximum Gasteiger partial charge on any atom is 0.411 e. The Morgan fingerprint density at radius 2 is 1.92 bits per heavy atom. The maximum atomic E-state index is 11.9. The SMILES string of the molecule is N#Cc1cc(NC(=O)OCc2ccccc2)ccc1OC1CCCC1. The summed E-state index contributed by atoms with van der Waals surface area (Å²) < 4.78 is 11.1. The van der Waals surface area contributed by atoms with Gasteiger partial charge in [0, 0.05) is 5.69 Å². The molecule has 1 N–H and O–H groups in total. The lowest BCUT2D eigenvalue weighted by Crippen LogP contribution is -2.14. The topological polar surface area (TPSA) is 71.4 Å². The average Bonchev–Trinajstić information content (AvgIpc) is 3.15. The highest BCUT2D eigenvalue weighted by Crippen LogP contribution is 2.28. The van der Waals surface area contributed by atoms with Crippen molar-refractivity contribution >= 4 is 11.8 Å². The molecule has 0 unspecified atom stereocenters. The Hall–Kier alpha value is -3.00. The molecule has 0 spiro atoms. The first-order valence-electron chi connectivity index (χ1n) is 8.43. The van der Waals surface area contributed by atoms with E-state index in [4.69, 9.17) is 9.47 Å². The van der Waals surface area contributed by atoms with Crippen molar-refractivity contribution < 1.29 is 14.3 Å². The minimum atomic E-state index is -0.558. The number of anilines is 1. The number of carbonyl (C=O) groups is 1. The van der Waals surface area contributed by atoms with Crippen molar-refractivity contribution in [3.05, 3.63) is 59.7 Å². The van der Waals surface area contributed by atoms with Crippen molar-refractivity contribution in [1.82, 2.24) is 0 Å². The second-order valence-corrected chi connectivity index (χ2v) is 6.03. The molecule has 0 aliphatic heterocycles. The van der Waals surface area contributed by atoms with Crippen molar-refractivity contribution in [3.63, 3.8) is 0 Å². The van der Waals surface area contributed by atoms with Gasteiger partial charge in [0.05, 0.1) is 11.7 Å². The maximum absolute atomic E-state index is 11.9. The normalized spacial score (nSPS) is 13.9. The van der Waals surface area contributed by atoms with Gasteiger partial charge < -0.3 is 9.47 Å². The summed E-state index contributed by atoms with van der Waals surface area (Å²) in [6, 6.07) is 16.6. The fourth-order valence-electron chi connectivity index (χ4n) is 2.86. The molecule has 1 amide bonds. The van der Waals surface area contributed by atoms with Crippen LogP contribution in [0.3, 0.4) is 0 Å². The lowest BCUT2D eigenvalue weighted by molar-refractivity contribution is 0.155. The van der Waals surface area contributed by atoms with Crippen LogP contribution in [0, 0.1) is 11.3 Å². The summed E-state index contributed by atoms with van der Waals surface area (Å²) in [4.78, 5) is 11.9. The molecule has 25 heavy (non-hydrogen) atoms. The number of amides is 1. The van der Waals surface area contributed by atoms with Crippen molar-refractivity contribution in [1.29, 1.82) is 5.26 Å². The molecule has 1 saturated carbocycles. The zero-order chi connectivity index (χ0) is 17.5. The molecule has 0 aromatic heterocycles. The zero-order valence-corrected chi connectivity index (χ0v) is 13.9. The van der Waals surface area contributed by atoms with Gasteiger partial charge in [-0.2, -0.15) is 5.26 Å². The summed E-state index contributed by atoms with van der Waals surface area (Å²) in [5.41, 5.74) is 1.83. The fourth-order valence-corrected chi connectivity index (χ4v) is 2.86. The van der Waals surface area contributed by atoms with Crippen LogP contribution in [-0.2, 0) is 11.3 Å². The van der Waals surface area contributed by atoms with Gasteiger partial charge in [-0.3, -0.25) is 5.32 Å². The molecule has 1 aliphatic rings. The Kier molecular flexibility index (Phi) is 5.53. The van der Waals surface area contributed by atoms with Crippen LogP contribution in [0.4, 0.5) is 10.5 Å². The molecule has 1 aliphatic carbocycles. The van der Waals surface area contributed by atoms with Crippen LogP contribution in [0.25, 0.3) is 0 Å². The lowest BCUT2D eigenvalue weighted by atomic mass is 10.2. The molecule has 0 saturated heterocycles. The van der Waals surface area contributed by atoms with E-state index >= 15 is 0 Å². The summed E-state index contributed by atoms with van der Waals surface area (Å²) in [7, 11) is 0. The van der Waals surface area contributed by atoms with Crippen LogP contribution in [0.1, 0.15) is 36.8 Å². The molecule has 5 nitrogen and oxygen atoms in total. The van der Waals surface area contributed by atoms with E-state index in [9.17, 15) is 10.1 Å². The second-order valence-electron chi connectivity index (χ2n) is 6.03. The van der Waals surface area contributed by atoms with E-state index < -0.39 is 6.09 Å². The van der Waals surface area contributed by atoms with Crippen LogP contribution in [0.15, 0.2) is 48.5 Å². The van der Waals surface area contributed by atoms with Gasteiger partial charge in [0.1, 0.15) is 18.4 Å². The molecule has 0 bridgehead atoms. The standard InChI is InChI=1S/C20H20N2O3/c21-13-16-12-17(10-11-19(16)25-18-8-4-5-9-18)22-20(23)24-14-15-6-2-1-3-7-15/h1-3,6-7,10-12,18H,4-5,8-9,14H2,(H,22,23). The van der Waals surface area contributed by atoms with E-state index in [0.717, 1.165) is 18.4 Å². The van der Waals surface area contributed by atoms with Gasteiger partial charge in [-0.1, -0.05) is 30.3 Å². The van der Waals surface area contributed by atoms with E-state index in [1.54, 1.807) is 18.2 Å². The highest BCUT2D eigenvalue weighted by molar-refractivity contribution is 5.85. The number of hydrogen-bond acceptors (Lipinski definition) is 4. The van der Waals surface area contributed by atoms with Crippen LogP contribution in [0.2, 0.25) is 0 Å². The van der Waals surface area contributed by atoms with Gasteiger partial charge in [-0.05, 0) is 49.4 Å². The number of ether oxygens (including phenoxy) is 2. The van der Waals surface area contributed by atoms with Crippen molar-refractivity contribution in [2.75, 3.05) is 5.32 Å².